The smallest absolute Gasteiger partial charge is 0.348 e. The highest BCUT2D eigenvalue weighted by Crippen LogP contribution is 2.25. The van der Waals surface area contributed by atoms with E-state index in [1.54, 1.807) is 4.68 Å². The average Bonchev–Trinajstić information content (AvgIpc) is 3.05. The molecule has 2 rings (SSSR count). The predicted octanol–water partition coefficient (Wildman–Crippen LogP) is 2.11. The van der Waals surface area contributed by atoms with Crippen molar-refractivity contribution in [1.82, 2.24) is 9.78 Å². The van der Waals surface area contributed by atoms with Crippen LogP contribution in [0.2, 0.25) is 0 Å². The second kappa shape index (κ2) is 5.86. The van der Waals surface area contributed by atoms with Crippen LogP contribution in [0, 0.1) is 0 Å². The minimum absolute atomic E-state index is 0.0709. The van der Waals surface area contributed by atoms with Crippen LogP contribution < -0.4 is 4.72 Å². The van der Waals surface area contributed by atoms with Gasteiger partial charge in [0.2, 0.25) is 0 Å². The fourth-order valence-electron chi connectivity index (χ4n) is 1.54. The van der Waals surface area contributed by atoms with E-state index in [9.17, 15) is 13.2 Å². The highest BCUT2D eigenvalue weighted by molar-refractivity contribution is 7.93. The Morgan fingerprint density at radius 3 is 2.71 bits per heavy atom. The van der Waals surface area contributed by atoms with Gasteiger partial charge in [-0.05, 0) is 26.0 Å². The minimum atomic E-state index is -3.72. The number of ether oxygens (including phenoxy) is 1. The molecule has 0 aliphatic heterocycles. The molecule has 2 aromatic heterocycles. The van der Waals surface area contributed by atoms with Gasteiger partial charge in [0.05, 0.1) is 13.3 Å². The van der Waals surface area contributed by atoms with Gasteiger partial charge in [0, 0.05) is 12.2 Å². The van der Waals surface area contributed by atoms with Gasteiger partial charge in [0.25, 0.3) is 10.0 Å². The number of methoxy groups -OCH3 is 1. The monoisotopic (exact) mass is 329 g/mol. The van der Waals surface area contributed by atoms with Crippen LogP contribution in [0.5, 0.6) is 0 Å². The van der Waals surface area contributed by atoms with Gasteiger partial charge in [-0.15, -0.1) is 11.3 Å². The van der Waals surface area contributed by atoms with Crippen LogP contribution in [-0.2, 0) is 14.8 Å². The number of anilines is 1. The molecule has 0 aliphatic carbocycles. The van der Waals surface area contributed by atoms with E-state index in [1.807, 2.05) is 13.8 Å². The maximum Gasteiger partial charge on any atom is 0.348 e. The quantitative estimate of drug-likeness (QED) is 0.849. The molecule has 0 saturated heterocycles. The zero-order chi connectivity index (χ0) is 15.6. The van der Waals surface area contributed by atoms with E-state index in [4.69, 9.17) is 0 Å². The normalized spacial score (nSPS) is 11.6. The van der Waals surface area contributed by atoms with Crippen LogP contribution in [0.1, 0.15) is 29.6 Å². The lowest BCUT2D eigenvalue weighted by Crippen LogP contribution is -2.11. The molecule has 0 amide bonds. The molecule has 2 aromatic rings. The molecule has 0 aliphatic rings. The molecule has 0 spiro atoms. The third-order valence-corrected chi connectivity index (χ3v) is 5.07. The number of rotatable bonds is 5. The van der Waals surface area contributed by atoms with Crippen LogP contribution in [0.4, 0.5) is 5.00 Å². The van der Waals surface area contributed by atoms with E-state index in [-0.39, 0.29) is 10.9 Å². The number of hydrogen-bond donors (Lipinski definition) is 1. The number of thiophene rings is 1. The lowest BCUT2D eigenvalue weighted by atomic mass is 10.4. The molecule has 9 heteroatoms. The lowest BCUT2D eigenvalue weighted by Gasteiger charge is -2.04. The molecular formula is C12H15N3O4S2. The van der Waals surface area contributed by atoms with Gasteiger partial charge < -0.3 is 4.74 Å². The van der Waals surface area contributed by atoms with Gasteiger partial charge in [0.15, 0.2) is 0 Å². The van der Waals surface area contributed by atoms with Gasteiger partial charge >= 0.3 is 5.97 Å². The first-order valence-corrected chi connectivity index (χ1v) is 8.38. The van der Waals surface area contributed by atoms with Crippen molar-refractivity contribution < 1.29 is 17.9 Å². The summed E-state index contributed by atoms with van der Waals surface area (Å²) in [6.45, 7) is 3.80. The van der Waals surface area contributed by atoms with E-state index in [2.05, 4.69) is 14.6 Å². The van der Waals surface area contributed by atoms with Crippen molar-refractivity contribution in [2.24, 2.45) is 0 Å². The zero-order valence-electron chi connectivity index (χ0n) is 11.7. The van der Waals surface area contributed by atoms with Crippen molar-refractivity contribution in [2.75, 3.05) is 11.8 Å². The summed E-state index contributed by atoms with van der Waals surface area (Å²) >= 11 is 1.01. The number of hydrogen-bond acceptors (Lipinski definition) is 6. The van der Waals surface area contributed by atoms with E-state index >= 15 is 0 Å². The number of aromatic nitrogens is 2. The Hall–Kier alpha value is -1.87. The molecule has 0 fully saturated rings. The Morgan fingerprint density at radius 1 is 1.43 bits per heavy atom. The molecule has 2 heterocycles. The summed E-state index contributed by atoms with van der Waals surface area (Å²) in [7, 11) is -2.45. The van der Waals surface area contributed by atoms with Gasteiger partial charge in [-0.3, -0.25) is 9.40 Å². The third-order valence-electron chi connectivity index (χ3n) is 2.64. The summed E-state index contributed by atoms with van der Waals surface area (Å²) < 4.78 is 33.0. The molecule has 0 saturated carbocycles. The number of nitrogens with zero attached hydrogens (tertiary/aromatic N) is 2. The Balaban J connectivity index is 2.20. The van der Waals surface area contributed by atoms with Gasteiger partial charge in [-0.2, -0.15) is 5.10 Å². The molecule has 0 unspecified atom stereocenters. The SMILES string of the molecule is COC(=O)c1ccc(NS(=O)(=O)c2cnn(C(C)C)c2)s1. The zero-order valence-corrected chi connectivity index (χ0v) is 13.4. The first-order valence-electron chi connectivity index (χ1n) is 6.08. The first kappa shape index (κ1) is 15.5. The van der Waals surface area contributed by atoms with Crippen LogP contribution in [0.25, 0.3) is 0 Å². The molecule has 21 heavy (non-hydrogen) atoms. The van der Waals surface area contributed by atoms with Crippen LogP contribution in [0.15, 0.2) is 29.4 Å². The predicted molar refractivity (Wildman–Crippen MR) is 79.1 cm³/mol. The fourth-order valence-corrected chi connectivity index (χ4v) is 3.59. The third kappa shape index (κ3) is 3.42. The van der Waals surface area contributed by atoms with E-state index in [1.165, 1.54) is 31.6 Å². The second-order valence-electron chi connectivity index (χ2n) is 4.51. The van der Waals surface area contributed by atoms with Crippen molar-refractivity contribution in [3.8, 4) is 0 Å². The molecule has 7 nitrogen and oxygen atoms in total. The molecule has 114 valence electrons. The van der Waals surface area contributed by atoms with Crippen molar-refractivity contribution >= 4 is 32.3 Å². The molecule has 1 N–H and O–H groups in total. The van der Waals surface area contributed by atoms with Crippen molar-refractivity contribution in [2.45, 2.75) is 24.8 Å². The van der Waals surface area contributed by atoms with Crippen molar-refractivity contribution in [3.05, 3.63) is 29.4 Å². The van der Waals surface area contributed by atoms with E-state index < -0.39 is 16.0 Å². The highest BCUT2D eigenvalue weighted by atomic mass is 32.2. The number of esters is 1. The maximum absolute atomic E-state index is 12.2. The number of sulfonamides is 1. The summed E-state index contributed by atoms with van der Waals surface area (Å²) in [5.74, 6) is -0.502. The Bertz CT molecular complexity index is 746. The molecule has 0 aromatic carbocycles. The fraction of sp³-hybridized carbons (Fsp3) is 0.333. The van der Waals surface area contributed by atoms with E-state index in [0.717, 1.165) is 11.3 Å². The second-order valence-corrected chi connectivity index (χ2v) is 7.28. The lowest BCUT2D eigenvalue weighted by molar-refractivity contribution is 0.0606. The van der Waals surface area contributed by atoms with Gasteiger partial charge in [-0.1, -0.05) is 0 Å². The number of carbonyl (C=O) groups is 1. The largest absolute Gasteiger partial charge is 0.465 e. The summed E-state index contributed by atoms with van der Waals surface area (Å²) in [5, 5.41) is 4.34. The summed E-state index contributed by atoms with van der Waals surface area (Å²) in [4.78, 5) is 11.7. The standard InChI is InChI=1S/C12H15N3O4S2/c1-8(2)15-7-9(6-13-15)21(17,18)14-11-5-4-10(20-11)12(16)19-3/h4-8,14H,1-3H3. The highest BCUT2D eigenvalue weighted by Gasteiger charge is 2.19. The van der Waals surface area contributed by atoms with E-state index in [0.29, 0.717) is 9.88 Å². The Kier molecular flexibility index (Phi) is 4.33. The maximum atomic E-state index is 12.2. The number of nitrogens with one attached hydrogen (secondary N) is 1. The molecule has 0 bridgehead atoms. The summed E-state index contributed by atoms with van der Waals surface area (Å²) in [6, 6.07) is 3.09. The van der Waals surface area contributed by atoms with Crippen molar-refractivity contribution in [3.63, 3.8) is 0 Å². The minimum Gasteiger partial charge on any atom is -0.465 e. The van der Waals surface area contributed by atoms with Gasteiger partial charge in [-0.25, -0.2) is 13.2 Å². The topological polar surface area (TPSA) is 90.3 Å². The molecule has 0 radical (unpaired) electrons. The van der Waals surface area contributed by atoms with Crippen LogP contribution in [0.3, 0.4) is 0 Å². The van der Waals surface area contributed by atoms with Crippen LogP contribution in [-0.4, -0.2) is 31.3 Å². The average molecular weight is 329 g/mol. The van der Waals surface area contributed by atoms with Crippen LogP contribution >= 0.6 is 11.3 Å². The molecular weight excluding hydrogens is 314 g/mol. The number of carbonyl (C=O) groups excluding carboxylic acids is 1. The first-order chi connectivity index (χ1) is 9.83. The summed E-state index contributed by atoms with van der Waals surface area (Å²) in [6.07, 6.45) is 2.75. The van der Waals surface area contributed by atoms with Crippen molar-refractivity contribution in [1.29, 1.82) is 0 Å². The Morgan fingerprint density at radius 2 is 2.14 bits per heavy atom. The summed E-state index contributed by atoms with van der Waals surface area (Å²) in [5.41, 5.74) is 0. The van der Waals surface area contributed by atoms with Gasteiger partial charge in [0.1, 0.15) is 14.8 Å². The molecule has 0 atom stereocenters. The Labute approximate surface area is 126 Å².